The lowest BCUT2D eigenvalue weighted by Gasteiger charge is -2.43. The Labute approximate surface area is 142 Å². The van der Waals surface area contributed by atoms with E-state index in [4.69, 9.17) is 4.74 Å². The van der Waals surface area contributed by atoms with E-state index in [-0.39, 0.29) is 24.0 Å². The number of aryl methyl sites for hydroxylation is 1. The second-order valence-corrected chi connectivity index (χ2v) is 6.70. The molecule has 2 saturated heterocycles. The Morgan fingerprint density at radius 1 is 1.33 bits per heavy atom. The fourth-order valence-corrected chi connectivity index (χ4v) is 3.37. The average molecular weight is 331 g/mol. The Balaban J connectivity index is 1.35. The van der Waals surface area contributed by atoms with Crippen LogP contribution >= 0.6 is 0 Å². The van der Waals surface area contributed by atoms with Crippen LogP contribution < -0.4 is 5.32 Å². The van der Waals surface area contributed by atoms with Gasteiger partial charge in [0.1, 0.15) is 6.61 Å². The van der Waals surface area contributed by atoms with Gasteiger partial charge < -0.3 is 15.0 Å². The zero-order valence-corrected chi connectivity index (χ0v) is 14.0. The summed E-state index contributed by atoms with van der Waals surface area (Å²) < 4.78 is 5.74. The van der Waals surface area contributed by atoms with Gasteiger partial charge >= 0.3 is 0 Å². The topological polar surface area (TPSA) is 71.5 Å². The van der Waals surface area contributed by atoms with Gasteiger partial charge in [-0.2, -0.15) is 0 Å². The van der Waals surface area contributed by atoms with Crippen molar-refractivity contribution in [1.82, 2.24) is 15.2 Å². The molecule has 0 aliphatic carbocycles. The monoisotopic (exact) mass is 331 g/mol. The van der Waals surface area contributed by atoms with Crippen LogP contribution in [0.5, 0.6) is 0 Å². The third kappa shape index (κ3) is 4.32. The number of amides is 2. The quantitative estimate of drug-likeness (QED) is 0.826. The average Bonchev–Trinajstić information content (AvgIpc) is 2.63. The number of nitrogens with zero attached hydrogens (tertiary/aromatic N) is 2. The van der Waals surface area contributed by atoms with Crippen molar-refractivity contribution >= 4 is 11.8 Å². The molecule has 3 heterocycles. The second-order valence-electron chi connectivity index (χ2n) is 6.70. The normalized spacial score (nSPS) is 20.0. The molecule has 24 heavy (non-hydrogen) atoms. The molecule has 2 aliphatic rings. The molecule has 6 nitrogen and oxygen atoms in total. The van der Waals surface area contributed by atoms with E-state index in [2.05, 4.69) is 16.4 Å². The minimum Gasteiger partial charge on any atom is -0.363 e. The lowest BCUT2D eigenvalue weighted by molar-refractivity contribution is -0.154. The summed E-state index contributed by atoms with van der Waals surface area (Å²) in [5, 5.41) is 2.87. The zero-order chi connectivity index (χ0) is 16.8. The molecule has 2 amide bonds. The van der Waals surface area contributed by atoms with Gasteiger partial charge in [0, 0.05) is 38.4 Å². The molecule has 0 bridgehead atoms. The predicted octanol–water partition coefficient (Wildman–Crippen LogP) is 1.30. The zero-order valence-electron chi connectivity index (χ0n) is 14.0. The molecule has 2 fully saturated rings. The van der Waals surface area contributed by atoms with Gasteiger partial charge in [0.2, 0.25) is 11.8 Å². The largest absolute Gasteiger partial charge is 0.363 e. The molecule has 1 aromatic heterocycles. The summed E-state index contributed by atoms with van der Waals surface area (Å²) in [6, 6.07) is 4.02. The van der Waals surface area contributed by atoms with Gasteiger partial charge in [-0.25, -0.2) is 0 Å². The number of pyridine rings is 1. The van der Waals surface area contributed by atoms with Crippen molar-refractivity contribution in [3.05, 3.63) is 30.1 Å². The van der Waals surface area contributed by atoms with Crippen LogP contribution in [0.15, 0.2) is 24.5 Å². The summed E-state index contributed by atoms with van der Waals surface area (Å²) in [5.74, 6) is 0.184. The Morgan fingerprint density at radius 3 is 2.83 bits per heavy atom. The first-order chi connectivity index (χ1) is 11.7. The number of unbranched alkanes of at least 4 members (excludes halogenated alkanes) is 1. The molecule has 2 aliphatic heterocycles. The van der Waals surface area contributed by atoms with Crippen molar-refractivity contribution in [2.24, 2.45) is 0 Å². The van der Waals surface area contributed by atoms with Crippen LogP contribution in [-0.2, 0) is 20.7 Å². The predicted molar refractivity (Wildman–Crippen MR) is 89.3 cm³/mol. The molecule has 0 radical (unpaired) electrons. The minimum absolute atomic E-state index is 0.0484. The van der Waals surface area contributed by atoms with Crippen LogP contribution in [0.3, 0.4) is 0 Å². The van der Waals surface area contributed by atoms with Gasteiger partial charge in [0.05, 0.1) is 5.60 Å². The maximum atomic E-state index is 12.3. The highest BCUT2D eigenvalue weighted by Gasteiger charge is 2.39. The molecule has 1 N–H and O–H groups in total. The van der Waals surface area contributed by atoms with Crippen LogP contribution in [0.4, 0.5) is 0 Å². The lowest BCUT2D eigenvalue weighted by Crippen LogP contribution is -2.57. The fraction of sp³-hybridized carbons (Fsp3) is 0.611. The smallest absolute Gasteiger partial charge is 0.246 e. The van der Waals surface area contributed by atoms with Gasteiger partial charge in [0.25, 0.3) is 0 Å². The van der Waals surface area contributed by atoms with Gasteiger partial charge in [-0.05, 0) is 43.7 Å². The molecule has 0 atom stereocenters. The molecule has 0 unspecified atom stereocenters. The van der Waals surface area contributed by atoms with Crippen molar-refractivity contribution in [1.29, 1.82) is 0 Å². The Kier molecular flexibility index (Phi) is 5.45. The fourth-order valence-electron chi connectivity index (χ4n) is 3.37. The van der Waals surface area contributed by atoms with Crippen molar-refractivity contribution in [2.75, 3.05) is 26.2 Å². The number of likely N-dealkylation sites (tertiary alicyclic amines) is 1. The van der Waals surface area contributed by atoms with E-state index < -0.39 is 0 Å². The number of morpholine rings is 1. The van der Waals surface area contributed by atoms with Crippen LogP contribution in [0.1, 0.15) is 37.7 Å². The van der Waals surface area contributed by atoms with Crippen LogP contribution in [0.2, 0.25) is 0 Å². The summed E-state index contributed by atoms with van der Waals surface area (Å²) >= 11 is 0. The molecular formula is C18H25N3O3. The summed E-state index contributed by atoms with van der Waals surface area (Å²) in [4.78, 5) is 29.6. The Hall–Kier alpha value is -1.95. The number of rotatable bonds is 5. The lowest BCUT2D eigenvalue weighted by atomic mass is 9.89. The number of ether oxygens (including phenoxy) is 1. The molecular weight excluding hydrogens is 306 g/mol. The molecule has 1 aromatic rings. The highest BCUT2D eigenvalue weighted by molar-refractivity contribution is 5.78. The first-order valence-corrected chi connectivity index (χ1v) is 8.74. The Bertz CT molecular complexity index is 556. The third-order valence-corrected chi connectivity index (χ3v) is 4.97. The highest BCUT2D eigenvalue weighted by atomic mass is 16.5. The van der Waals surface area contributed by atoms with E-state index in [0.717, 1.165) is 45.2 Å². The van der Waals surface area contributed by atoms with Crippen LogP contribution in [-0.4, -0.2) is 53.5 Å². The van der Waals surface area contributed by atoms with E-state index in [1.54, 1.807) is 6.20 Å². The number of hydrogen-bond acceptors (Lipinski definition) is 4. The van der Waals surface area contributed by atoms with Crippen molar-refractivity contribution in [3.63, 3.8) is 0 Å². The van der Waals surface area contributed by atoms with Gasteiger partial charge in [-0.15, -0.1) is 0 Å². The van der Waals surface area contributed by atoms with E-state index in [9.17, 15) is 9.59 Å². The van der Waals surface area contributed by atoms with E-state index in [1.807, 2.05) is 17.2 Å². The molecule has 1 spiro atoms. The second kappa shape index (κ2) is 7.75. The maximum Gasteiger partial charge on any atom is 0.246 e. The number of aromatic nitrogens is 1. The summed E-state index contributed by atoms with van der Waals surface area (Å²) in [5.41, 5.74) is 0.965. The number of carbonyl (C=O) groups excluding carboxylic acids is 2. The third-order valence-electron chi connectivity index (χ3n) is 4.97. The highest BCUT2D eigenvalue weighted by Crippen LogP contribution is 2.28. The summed E-state index contributed by atoms with van der Waals surface area (Å²) in [6.45, 7) is 2.15. The molecule has 0 aromatic carbocycles. The molecule has 6 heteroatoms. The van der Waals surface area contributed by atoms with Crippen molar-refractivity contribution in [3.8, 4) is 0 Å². The first-order valence-electron chi connectivity index (χ1n) is 8.74. The number of piperidine rings is 1. The van der Waals surface area contributed by atoms with E-state index >= 15 is 0 Å². The van der Waals surface area contributed by atoms with Crippen molar-refractivity contribution < 1.29 is 14.3 Å². The van der Waals surface area contributed by atoms with E-state index in [1.165, 1.54) is 5.56 Å². The van der Waals surface area contributed by atoms with Crippen LogP contribution in [0, 0.1) is 0 Å². The standard InChI is InChI=1S/C18H25N3O3/c22-16-13-24-18(14-20-16)7-10-21(11-8-18)17(23)6-2-1-4-15-5-3-9-19-12-15/h3,5,9,12H,1-2,4,6-8,10-11,13-14H2,(H,20,22). The van der Waals surface area contributed by atoms with Crippen molar-refractivity contribution in [2.45, 2.75) is 44.1 Å². The minimum atomic E-state index is -0.259. The van der Waals surface area contributed by atoms with Crippen LogP contribution in [0.25, 0.3) is 0 Å². The molecule has 3 rings (SSSR count). The van der Waals surface area contributed by atoms with Gasteiger partial charge in [0.15, 0.2) is 0 Å². The Morgan fingerprint density at radius 2 is 2.17 bits per heavy atom. The SMILES string of the molecule is O=C1COC2(CCN(C(=O)CCCCc3cccnc3)CC2)CN1. The van der Waals surface area contributed by atoms with E-state index in [0.29, 0.717) is 13.0 Å². The summed E-state index contributed by atoms with van der Waals surface area (Å²) in [6.07, 6.45) is 8.74. The number of nitrogens with one attached hydrogen (secondary N) is 1. The van der Waals surface area contributed by atoms with Gasteiger partial charge in [-0.3, -0.25) is 14.6 Å². The summed E-state index contributed by atoms with van der Waals surface area (Å²) in [7, 11) is 0. The number of carbonyl (C=O) groups is 2. The molecule has 130 valence electrons. The number of hydrogen-bond donors (Lipinski definition) is 1. The maximum absolute atomic E-state index is 12.3. The first kappa shape index (κ1) is 16.9. The van der Waals surface area contributed by atoms with Gasteiger partial charge in [-0.1, -0.05) is 6.07 Å². The molecule has 0 saturated carbocycles.